The van der Waals surface area contributed by atoms with Crippen molar-refractivity contribution in [1.82, 2.24) is 19.9 Å². The lowest BCUT2D eigenvalue weighted by atomic mass is 10.1. The minimum atomic E-state index is -0.0912. The molecule has 27 heavy (non-hydrogen) atoms. The smallest absolute Gasteiger partial charge is 0.223 e. The standard InChI is InChI=1S/C20H25N5O2/c1-14(26)21-17-8-6-16(7-9-17)19-13-24(23-22-19)11-15-10-20(27)25(12-15)18-4-2-3-5-18/h6-9,13,15,18H,2-5,10-12H2,1H3,(H,21,26)/t15-/m0/s1. The molecule has 2 heterocycles. The van der Waals surface area contributed by atoms with E-state index in [0.717, 1.165) is 36.3 Å². The van der Waals surface area contributed by atoms with Crippen molar-refractivity contribution in [1.29, 1.82) is 0 Å². The van der Waals surface area contributed by atoms with Crippen LogP contribution in [0, 0.1) is 5.92 Å². The third-order valence-electron chi connectivity index (χ3n) is 5.49. The minimum absolute atomic E-state index is 0.0912. The van der Waals surface area contributed by atoms with E-state index in [0.29, 0.717) is 30.8 Å². The lowest BCUT2D eigenvalue weighted by Crippen LogP contribution is -2.34. The van der Waals surface area contributed by atoms with Gasteiger partial charge < -0.3 is 10.2 Å². The second-order valence-electron chi connectivity index (χ2n) is 7.64. The monoisotopic (exact) mass is 367 g/mol. The first-order chi connectivity index (χ1) is 13.1. The second-order valence-corrected chi connectivity index (χ2v) is 7.64. The number of hydrogen-bond acceptors (Lipinski definition) is 4. The van der Waals surface area contributed by atoms with Gasteiger partial charge in [-0.05, 0) is 25.0 Å². The highest BCUT2D eigenvalue weighted by Gasteiger charge is 2.35. The third-order valence-corrected chi connectivity index (χ3v) is 5.49. The molecule has 0 unspecified atom stereocenters. The predicted octanol–water partition coefficient (Wildman–Crippen LogP) is 2.69. The zero-order chi connectivity index (χ0) is 18.8. The molecule has 2 amide bonds. The number of carbonyl (C=O) groups excluding carboxylic acids is 2. The normalized spacial score (nSPS) is 20.4. The first-order valence-electron chi connectivity index (χ1n) is 9.66. The molecule has 0 radical (unpaired) electrons. The van der Waals surface area contributed by atoms with Gasteiger partial charge in [0, 0.05) is 49.6 Å². The Bertz CT molecular complexity index is 823. The van der Waals surface area contributed by atoms with E-state index in [9.17, 15) is 9.59 Å². The van der Waals surface area contributed by atoms with E-state index >= 15 is 0 Å². The van der Waals surface area contributed by atoms with Crippen molar-refractivity contribution in [2.75, 3.05) is 11.9 Å². The Hall–Kier alpha value is -2.70. The number of nitrogens with one attached hydrogen (secondary N) is 1. The van der Waals surface area contributed by atoms with Gasteiger partial charge in [-0.2, -0.15) is 0 Å². The Labute approximate surface area is 158 Å². The Balaban J connectivity index is 1.38. The average molecular weight is 367 g/mol. The molecule has 1 saturated carbocycles. The van der Waals surface area contributed by atoms with E-state index < -0.39 is 0 Å². The van der Waals surface area contributed by atoms with Crippen LogP contribution >= 0.6 is 0 Å². The molecule has 7 heteroatoms. The van der Waals surface area contributed by atoms with Crippen LogP contribution in [0.25, 0.3) is 11.3 Å². The van der Waals surface area contributed by atoms with Crippen molar-refractivity contribution in [2.24, 2.45) is 5.92 Å². The van der Waals surface area contributed by atoms with Crippen LogP contribution < -0.4 is 5.32 Å². The zero-order valence-electron chi connectivity index (χ0n) is 15.6. The summed E-state index contributed by atoms with van der Waals surface area (Å²) in [6, 6.07) is 7.99. The highest BCUT2D eigenvalue weighted by atomic mass is 16.2. The Morgan fingerprint density at radius 1 is 1.22 bits per heavy atom. The number of anilines is 1. The summed E-state index contributed by atoms with van der Waals surface area (Å²) in [5, 5.41) is 11.3. The quantitative estimate of drug-likeness (QED) is 0.881. The van der Waals surface area contributed by atoms with Crippen LogP contribution in [0.5, 0.6) is 0 Å². The van der Waals surface area contributed by atoms with Gasteiger partial charge in [-0.15, -0.1) is 5.10 Å². The molecule has 1 N–H and O–H groups in total. The molecule has 2 aromatic rings. The number of likely N-dealkylation sites (tertiary alicyclic amines) is 1. The molecule has 2 aliphatic rings. The predicted molar refractivity (Wildman–Crippen MR) is 102 cm³/mol. The summed E-state index contributed by atoms with van der Waals surface area (Å²) in [4.78, 5) is 25.5. The molecule has 142 valence electrons. The number of nitrogens with zero attached hydrogens (tertiary/aromatic N) is 4. The fourth-order valence-corrected chi connectivity index (χ4v) is 4.21. The van der Waals surface area contributed by atoms with Crippen LogP contribution in [0.2, 0.25) is 0 Å². The lowest BCUT2D eigenvalue weighted by molar-refractivity contribution is -0.129. The molecule has 1 aromatic heterocycles. The number of aromatic nitrogens is 3. The van der Waals surface area contributed by atoms with Gasteiger partial charge in [0.25, 0.3) is 0 Å². The van der Waals surface area contributed by atoms with Crippen LogP contribution in [0.15, 0.2) is 30.5 Å². The maximum Gasteiger partial charge on any atom is 0.223 e. The van der Waals surface area contributed by atoms with E-state index in [1.54, 1.807) is 0 Å². The van der Waals surface area contributed by atoms with Crippen molar-refractivity contribution >= 4 is 17.5 Å². The minimum Gasteiger partial charge on any atom is -0.339 e. The first kappa shape index (κ1) is 17.7. The van der Waals surface area contributed by atoms with E-state index in [1.165, 1.54) is 19.8 Å². The number of carbonyl (C=O) groups is 2. The number of benzene rings is 1. The molecule has 1 saturated heterocycles. The highest BCUT2D eigenvalue weighted by Crippen LogP contribution is 2.30. The van der Waals surface area contributed by atoms with Crippen molar-refractivity contribution in [2.45, 2.75) is 51.6 Å². The Morgan fingerprint density at radius 3 is 2.67 bits per heavy atom. The van der Waals surface area contributed by atoms with E-state index in [1.807, 2.05) is 35.1 Å². The third kappa shape index (κ3) is 4.02. The summed E-state index contributed by atoms with van der Waals surface area (Å²) < 4.78 is 1.84. The second kappa shape index (κ2) is 7.50. The maximum atomic E-state index is 12.3. The molecule has 1 atom stereocenters. The summed E-state index contributed by atoms with van der Waals surface area (Å²) >= 11 is 0. The molecule has 4 rings (SSSR count). The zero-order valence-corrected chi connectivity index (χ0v) is 15.6. The van der Waals surface area contributed by atoms with Gasteiger partial charge >= 0.3 is 0 Å². The summed E-state index contributed by atoms with van der Waals surface area (Å²) in [6.07, 6.45) is 7.33. The van der Waals surface area contributed by atoms with Gasteiger partial charge in [-0.1, -0.05) is 30.2 Å². The molecular formula is C20H25N5O2. The summed E-state index contributed by atoms with van der Waals surface area (Å²) in [5.41, 5.74) is 2.50. The van der Waals surface area contributed by atoms with Gasteiger partial charge in [-0.3, -0.25) is 14.3 Å². The molecule has 1 aromatic carbocycles. The molecule has 1 aliphatic carbocycles. The van der Waals surface area contributed by atoms with Gasteiger partial charge in [0.15, 0.2) is 0 Å². The Morgan fingerprint density at radius 2 is 1.96 bits per heavy atom. The highest BCUT2D eigenvalue weighted by molar-refractivity contribution is 5.88. The summed E-state index contributed by atoms with van der Waals surface area (Å²) in [5.74, 6) is 0.502. The molecule has 1 aliphatic heterocycles. The van der Waals surface area contributed by atoms with Crippen LogP contribution in [0.4, 0.5) is 5.69 Å². The fraction of sp³-hybridized carbons (Fsp3) is 0.500. The SMILES string of the molecule is CC(=O)Nc1ccc(-c2cn(C[C@@H]3CC(=O)N(C4CCCC4)C3)nn2)cc1. The topological polar surface area (TPSA) is 80.1 Å². The Kier molecular flexibility index (Phi) is 4.92. The summed E-state index contributed by atoms with van der Waals surface area (Å²) in [7, 11) is 0. The number of hydrogen-bond donors (Lipinski definition) is 1. The van der Waals surface area contributed by atoms with Crippen LogP contribution in [-0.4, -0.2) is 44.3 Å². The van der Waals surface area contributed by atoms with E-state index in [2.05, 4.69) is 20.5 Å². The van der Waals surface area contributed by atoms with E-state index in [4.69, 9.17) is 0 Å². The van der Waals surface area contributed by atoms with Gasteiger partial charge in [0.05, 0.1) is 6.20 Å². The first-order valence-corrected chi connectivity index (χ1v) is 9.66. The molecule has 2 fully saturated rings. The van der Waals surface area contributed by atoms with Crippen LogP contribution in [0.3, 0.4) is 0 Å². The molecular weight excluding hydrogens is 342 g/mol. The largest absolute Gasteiger partial charge is 0.339 e. The van der Waals surface area contributed by atoms with Crippen LogP contribution in [-0.2, 0) is 16.1 Å². The van der Waals surface area contributed by atoms with Crippen molar-refractivity contribution < 1.29 is 9.59 Å². The maximum absolute atomic E-state index is 12.3. The molecule has 0 spiro atoms. The van der Waals surface area contributed by atoms with Gasteiger partial charge in [-0.25, -0.2) is 0 Å². The van der Waals surface area contributed by atoms with Crippen molar-refractivity contribution in [3.05, 3.63) is 30.5 Å². The summed E-state index contributed by atoms with van der Waals surface area (Å²) in [6.45, 7) is 3.04. The van der Waals surface area contributed by atoms with Crippen molar-refractivity contribution in [3.63, 3.8) is 0 Å². The average Bonchev–Trinajstić information content (AvgIpc) is 3.37. The van der Waals surface area contributed by atoms with E-state index in [-0.39, 0.29) is 5.91 Å². The van der Waals surface area contributed by atoms with Crippen LogP contribution in [0.1, 0.15) is 39.0 Å². The molecule has 0 bridgehead atoms. The fourth-order valence-electron chi connectivity index (χ4n) is 4.21. The number of rotatable bonds is 5. The van der Waals surface area contributed by atoms with Gasteiger partial charge in [0.1, 0.15) is 5.69 Å². The number of amides is 2. The molecule has 7 nitrogen and oxygen atoms in total. The van der Waals surface area contributed by atoms with Gasteiger partial charge in [0.2, 0.25) is 11.8 Å². The van der Waals surface area contributed by atoms with Crippen molar-refractivity contribution in [3.8, 4) is 11.3 Å². The lowest BCUT2D eigenvalue weighted by Gasteiger charge is -2.24.